The number of carbonyl (C=O) groups excluding carboxylic acids is 1. The van der Waals surface area contributed by atoms with Crippen LogP contribution in [0.1, 0.15) is 30.4 Å². The van der Waals surface area contributed by atoms with Crippen molar-refractivity contribution < 1.29 is 4.79 Å². The third-order valence-corrected chi connectivity index (χ3v) is 4.80. The van der Waals surface area contributed by atoms with Crippen LogP contribution in [0.4, 0.5) is 0 Å². The average molecular weight is 272 g/mol. The van der Waals surface area contributed by atoms with Gasteiger partial charge in [0.15, 0.2) is 0 Å². The van der Waals surface area contributed by atoms with E-state index in [1.54, 1.807) is 0 Å². The summed E-state index contributed by atoms with van der Waals surface area (Å²) in [5.41, 5.74) is 2.34. The number of carbonyl (C=O) groups is 1. The van der Waals surface area contributed by atoms with Gasteiger partial charge in [0, 0.05) is 6.04 Å². The van der Waals surface area contributed by atoms with Gasteiger partial charge < -0.3 is 10.6 Å². The predicted molar refractivity (Wildman–Crippen MR) is 80.5 cm³/mol. The van der Waals surface area contributed by atoms with Gasteiger partial charge in [0.2, 0.25) is 5.91 Å². The van der Waals surface area contributed by atoms with Crippen LogP contribution in [0.15, 0.2) is 24.3 Å². The highest BCUT2D eigenvalue weighted by atomic mass is 16.1. The fraction of sp³-hybridized carbons (Fsp3) is 0.588. The standard InChI is InChI=1S/C17H24N2O/c1-12-2-4-13(5-3-12)8-17(20)19-16-7-6-14-10-18-11-15(14)9-16/h2-5,14-16,18H,6-11H2,1H3,(H,19,20)/t14-,15+,16?/m0/s1. The summed E-state index contributed by atoms with van der Waals surface area (Å²) in [7, 11) is 0. The average Bonchev–Trinajstić information content (AvgIpc) is 2.89. The largest absolute Gasteiger partial charge is 0.353 e. The van der Waals surface area contributed by atoms with Crippen molar-refractivity contribution in [3.63, 3.8) is 0 Å². The number of hydrogen-bond acceptors (Lipinski definition) is 2. The van der Waals surface area contributed by atoms with Crippen molar-refractivity contribution in [3.05, 3.63) is 35.4 Å². The Morgan fingerprint density at radius 3 is 2.75 bits per heavy atom. The van der Waals surface area contributed by atoms with Crippen molar-refractivity contribution in [3.8, 4) is 0 Å². The molecular weight excluding hydrogens is 248 g/mol. The molecule has 2 N–H and O–H groups in total. The molecular formula is C17H24N2O. The van der Waals surface area contributed by atoms with Gasteiger partial charge in [0.1, 0.15) is 0 Å². The second kappa shape index (κ2) is 5.96. The maximum atomic E-state index is 12.1. The molecule has 1 aromatic carbocycles. The van der Waals surface area contributed by atoms with Gasteiger partial charge in [-0.2, -0.15) is 0 Å². The lowest BCUT2D eigenvalue weighted by molar-refractivity contribution is -0.121. The summed E-state index contributed by atoms with van der Waals surface area (Å²) >= 11 is 0. The van der Waals surface area contributed by atoms with E-state index in [2.05, 4.69) is 29.7 Å². The lowest BCUT2D eigenvalue weighted by Crippen LogP contribution is -2.41. The molecule has 1 aromatic rings. The molecule has 1 unspecified atom stereocenters. The third-order valence-electron chi connectivity index (χ3n) is 4.80. The highest BCUT2D eigenvalue weighted by molar-refractivity contribution is 5.78. The van der Waals surface area contributed by atoms with Gasteiger partial charge in [-0.3, -0.25) is 4.79 Å². The summed E-state index contributed by atoms with van der Waals surface area (Å²) in [6.07, 6.45) is 4.05. The molecule has 3 nitrogen and oxygen atoms in total. The molecule has 3 atom stereocenters. The Bertz CT molecular complexity index is 468. The van der Waals surface area contributed by atoms with E-state index in [9.17, 15) is 4.79 Å². The minimum atomic E-state index is 0.170. The highest BCUT2D eigenvalue weighted by Crippen LogP contribution is 2.32. The molecule has 1 aliphatic carbocycles. The minimum Gasteiger partial charge on any atom is -0.353 e. The molecule has 0 radical (unpaired) electrons. The van der Waals surface area contributed by atoms with Crippen LogP contribution in [0.2, 0.25) is 0 Å². The maximum Gasteiger partial charge on any atom is 0.224 e. The molecule has 1 saturated carbocycles. The molecule has 1 amide bonds. The van der Waals surface area contributed by atoms with Gasteiger partial charge in [-0.25, -0.2) is 0 Å². The summed E-state index contributed by atoms with van der Waals surface area (Å²) in [4.78, 5) is 12.1. The van der Waals surface area contributed by atoms with Crippen LogP contribution in [-0.2, 0) is 11.2 Å². The Balaban J connectivity index is 1.50. The van der Waals surface area contributed by atoms with Crippen LogP contribution in [0.25, 0.3) is 0 Å². The van der Waals surface area contributed by atoms with Gasteiger partial charge in [0.25, 0.3) is 0 Å². The quantitative estimate of drug-likeness (QED) is 0.884. The van der Waals surface area contributed by atoms with Crippen LogP contribution in [0.5, 0.6) is 0 Å². The van der Waals surface area contributed by atoms with E-state index in [1.165, 1.54) is 18.5 Å². The summed E-state index contributed by atoms with van der Waals surface area (Å²) in [6, 6.07) is 8.62. The number of nitrogens with one attached hydrogen (secondary N) is 2. The predicted octanol–water partition coefficient (Wildman–Crippen LogP) is 2.04. The van der Waals surface area contributed by atoms with Crippen LogP contribution in [0, 0.1) is 18.8 Å². The Labute approximate surface area is 121 Å². The Hall–Kier alpha value is -1.35. The van der Waals surface area contributed by atoms with Crippen molar-refractivity contribution in [1.29, 1.82) is 0 Å². The fourth-order valence-corrected chi connectivity index (χ4v) is 3.60. The van der Waals surface area contributed by atoms with E-state index >= 15 is 0 Å². The first kappa shape index (κ1) is 13.6. The van der Waals surface area contributed by atoms with Crippen molar-refractivity contribution in [2.24, 2.45) is 11.8 Å². The minimum absolute atomic E-state index is 0.170. The Morgan fingerprint density at radius 2 is 1.95 bits per heavy atom. The molecule has 1 saturated heterocycles. The second-order valence-electron chi connectivity index (χ2n) is 6.42. The third kappa shape index (κ3) is 3.21. The van der Waals surface area contributed by atoms with E-state index in [1.807, 2.05) is 12.1 Å². The summed E-state index contributed by atoms with van der Waals surface area (Å²) in [5, 5.41) is 6.70. The van der Waals surface area contributed by atoms with Gasteiger partial charge in [0.05, 0.1) is 6.42 Å². The van der Waals surface area contributed by atoms with Gasteiger partial charge in [-0.15, -0.1) is 0 Å². The number of rotatable bonds is 3. The Morgan fingerprint density at radius 1 is 1.20 bits per heavy atom. The zero-order valence-corrected chi connectivity index (χ0v) is 12.2. The first-order valence-corrected chi connectivity index (χ1v) is 7.76. The van der Waals surface area contributed by atoms with E-state index in [0.717, 1.165) is 36.8 Å². The zero-order chi connectivity index (χ0) is 13.9. The van der Waals surface area contributed by atoms with Crippen LogP contribution in [-0.4, -0.2) is 25.0 Å². The molecule has 2 aliphatic rings. The van der Waals surface area contributed by atoms with Crippen LogP contribution >= 0.6 is 0 Å². The first-order chi connectivity index (χ1) is 9.70. The second-order valence-corrected chi connectivity index (χ2v) is 6.42. The summed E-state index contributed by atoms with van der Waals surface area (Å²) < 4.78 is 0. The maximum absolute atomic E-state index is 12.1. The molecule has 108 valence electrons. The molecule has 3 heteroatoms. The van der Waals surface area contributed by atoms with Crippen molar-refractivity contribution in [2.75, 3.05) is 13.1 Å². The molecule has 0 aromatic heterocycles. The molecule has 1 aliphatic heterocycles. The van der Waals surface area contributed by atoms with Gasteiger partial charge in [-0.1, -0.05) is 29.8 Å². The molecule has 0 bridgehead atoms. The number of aryl methyl sites for hydroxylation is 1. The zero-order valence-electron chi connectivity index (χ0n) is 12.2. The first-order valence-electron chi connectivity index (χ1n) is 7.76. The lowest BCUT2D eigenvalue weighted by Gasteiger charge is -2.31. The normalized spacial score (nSPS) is 28.9. The topological polar surface area (TPSA) is 41.1 Å². The lowest BCUT2D eigenvalue weighted by atomic mass is 9.79. The van der Waals surface area contributed by atoms with Crippen LogP contribution < -0.4 is 10.6 Å². The molecule has 3 rings (SSSR count). The highest BCUT2D eigenvalue weighted by Gasteiger charge is 2.34. The van der Waals surface area contributed by atoms with E-state index in [4.69, 9.17) is 0 Å². The summed E-state index contributed by atoms with van der Waals surface area (Å²) in [5.74, 6) is 1.79. The van der Waals surface area contributed by atoms with Gasteiger partial charge >= 0.3 is 0 Å². The Kier molecular flexibility index (Phi) is 4.06. The van der Waals surface area contributed by atoms with E-state index < -0.39 is 0 Å². The van der Waals surface area contributed by atoms with Crippen molar-refractivity contribution in [2.45, 2.75) is 38.6 Å². The van der Waals surface area contributed by atoms with Crippen molar-refractivity contribution >= 4 is 5.91 Å². The molecule has 20 heavy (non-hydrogen) atoms. The molecule has 0 spiro atoms. The van der Waals surface area contributed by atoms with Gasteiger partial charge in [-0.05, 0) is 56.7 Å². The monoisotopic (exact) mass is 272 g/mol. The number of hydrogen-bond donors (Lipinski definition) is 2. The van der Waals surface area contributed by atoms with E-state index in [-0.39, 0.29) is 5.91 Å². The smallest absolute Gasteiger partial charge is 0.224 e. The number of benzene rings is 1. The molecule has 1 heterocycles. The summed E-state index contributed by atoms with van der Waals surface area (Å²) in [6.45, 7) is 4.38. The fourth-order valence-electron chi connectivity index (χ4n) is 3.60. The number of fused-ring (bicyclic) bond motifs is 1. The van der Waals surface area contributed by atoms with Crippen LogP contribution in [0.3, 0.4) is 0 Å². The van der Waals surface area contributed by atoms with Crippen molar-refractivity contribution in [1.82, 2.24) is 10.6 Å². The van der Waals surface area contributed by atoms with E-state index in [0.29, 0.717) is 12.5 Å². The SMILES string of the molecule is Cc1ccc(CC(=O)NC2CC[C@H]3CNC[C@H]3C2)cc1. The number of amides is 1. The molecule has 2 fully saturated rings.